The Morgan fingerprint density at radius 3 is 2.74 bits per heavy atom. The van der Waals surface area contributed by atoms with E-state index in [0.717, 1.165) is 0 Å². The highest BCUT2D eigenvalue weighted by Crippen LogP contribution is 2.31. The predicted molar refractivity (Wildman–Crippen MR) is 60.4 cm³/mol. The summed E-state index contributed by atoms with van der Waals surface area (Å²) in [6.45, 7) is 0. The molecule has 0 aromatic carbocycles. The quantitative estimate of drug-likeness (QED) is 0.912. The number of carbonyl (C=O) groups is 1. The number of anilines is 1. The third-order valence-electron chi connectivity index (χ3n) is 2.10. The minimum absolute atomic E-state index is 0.0931. The van der Waals surface area contributed by atoms with Crippen molar-refractivity contribution in [3.05, 3.63) is 28.5 Å². The summed E-state index contributed by atoms with van der Waals surface area (Å²) in [4.78, 5) is 14.9. The fourth-order valence-corrected chi connectivity index (χ4v) is 1.59. The van der Waals surface area contributed by atoms with E-state index in [1.807, 2.05) is 0 Å². The van der Waals surface area contributed by atoms with E-state index in [1.165, 1.54) is 10.7 Å². The fourth-order valence-electron chi connectivity index (χ4n) is 1.29. The van der Waals surface area contributed by atoms with Crippen LogP contribution in [0.15, 0.2) is 21.5 Å². The summed E-state index contributed by atoms with van der Waals surface area (Å²) in [5.41, 5.74) is -0.839. The van der Waals surface area contributed by atoms with Crippen LogP contribution in [0.1, 0.15) is 16.2 Å². The molecular weight excluding hydrogens is 333 g/mol. The molecule has 2 aromatic heterocycles. The molecule has 2 rings (SSSR count). The van der Waals surface area contributed by atoms with Gasteiger partial charge >= 0.3 is 6.18 Å². The molecule has 0 aliphatic carbocycles. The zero-order chi connectivity index (χ0) is 14.2. The first-order valence-corrected chi connectivity index (χ1v) is 5.60. The molecule has 0 unspecified atom stereocenters. The summed E-state index contributed by atoms with van der Waals surface area (Å²) >= 11 is 3.14. The van der Waals surface area contributed by atoms with Crippen molar-refractivity contribution >= 4 is 27.7 Å². The van der Waals surface area contributed by atoms with Crippen LogP contribution in [0.5, 0.6) is 0 Å². The lowest BCUT2D eigenvalue weighted by Gasteiger charge is -2.04. The van der Waals surface area contributed by atoms with E-state index in [-0.39, 0.29) is 5.82 Å². The Bertz CT molecular complexity index is 600. The number of oxazole rings is 1. The molecule has 0 aliphatic heterocycles. The second-order valence-corrected chi connectivity index (χ2v) is 4.27. The van der Waals surface area contributed by atoms with Crippen molar-refractivity contribution in [3.8, 4) is 0 Å². The van der Waals surface area contributed by atoms with E-state index in [1.54, 1.807) is 7.05 Å². The number of aromatic nitrogens is 3. The second kappa shape index (κ2) is 4.68. The Labute approximate surface area is 112 Å². The topological polar surface area (TPSA) is 73.0 Å². The van der Waals surface area contributed by atoms with E-state index in [0.29, 0.717) is 11.0 Å². The normalized spacial score (nSPS) is 11.6. The highest BCUT2D eigenvalue weighted by atomic mass is 79.9. The van der Waals surface area contributed by atoms with Gasteiger partial charge in [-0.2, -0.15) is 18.3 Å². The van der Waals surface area contributed by atoms with Gasteiger partial charge in [0.2, 0.25) is 5.76 Å². The number of nitrogens with one attached hydrogen (secondary N) is 1. The van der Waals surface area contributed by atoms with Crippen LogP contribution in [0.4, 0.5) is 19.0 Å². The first-order chi connectivity index (χ1) is 8.79. The number of nitrogens with zero attached hydrogens (tertiary/aromatic N) is 3. The number of halogens is 4. The molecule has 102 valence electrons. The van der Waals surface area contributed by atoms with Crippen LogP contribution in [-0.2, 0) is 13.2 Å². The lowest BCUT2D eigenvalue weighted by molar-refractivity contribution is -0.153. The molecule has 2 aromatic rings. The number of aryl methyl sites for hydroxylation is 1. The maximum Gasteiger partial charge on any atom is 0.452 e. The lowest BCUT2D eigenvalue weighted by Crippen LogP contribution is -2.18. The zero-order valence-corrected chi connectivity index (χ0v) is 10.9. The highest BCUT2D eigenvalue weighted by Gasteiger charge is 2.40. The number of hydrogen-bond acceptors (Lipinski definition) is 4. The summed E-state index contributed by atoms with van der Waals surface area (Å²) in [5, 5.41) is 6.05. The maximum atomic E-state index is 12.5. The van der Waals surface area contributed by atoms with Crippen molar-refractivity contribution in [1.82, 2.24) is 14.8 Å². The van der Waals surface area contributed by atoms with E-state index >= 15 is 0 Å². The molecule has 0 saturated carbocycles. The molecule has 0 bridgehead atoms. The summed E-state index contributed by atoms with van der Waals surface area (Å²) in [6, 6.07) is 1.44. The molecule has 0 atom stereocenters. The fraction of sp³-hybridized carbons (Fsp3) is 0.222. The van der Waals surface area contributed by atoms with Gasteiger partial charge in [0.05, 0.1) is 0 Å². The summed E-state index contributed by atoms with van der Waals surface area (Å²) < 4.78 is 43.7. The molecule has 1 amide bonds. The number of amides is 1. The van der Waals surface area contributed by atoms with Crippen molar-refractivity contribution in [2.45, 2.75) is 6.18 Å². The molecule has 0 radical (unpaired) electrons. The number of rotatable bonds is 2. The van der Waals surface area contributed by atoms with Crippen LogP contribution in [-0.4, -0.2) is 20.7 Å². The second-order valence-electron chi connectivity index (χ2n) is 3.46. The van der Waals surface area contributed by atoms with E-state index in [4.69, 9.17) is 0 Å². The molecule has 0 spiro atoms. The monoisotopic (exact) mass is 338 g/mol. The largest absolute Gasteiger partial charge is 0.452 e. The molecule has 2 heterocycles. The molecule has 1 N–H and O–H groups in total. The van der Waals surface area contributed by atoms with Gasteiger partial charge < -0.3 is 9.73 Å². The van der Waals surface area contributed by atoms with E-state index < -0.39 is 23.5 Å². The smallest absolute Gasteiger partial charge is 0.438 e. The minimum atomic E-state index is -4.78. The Morgan fingerprint density at radius 2 is 2.21 bits per heavy atom. The van der Waals surface area contributed by atoms with Gasteiger partial charge in [0.15, 0.2) is 17.9 Å². The minimum Gasteiger partial charge on any atom is -0.438 e. The number of hydrogen-bond donors (Lipinski definition) is 1. The first-order valence-electron chi connectivity index (χ1n) is 4.80. The Hall–Kier alpha value is -1.84. The lowest BCUT2D eigenvalue weighted by atomic mass is 10.3. The summed E-state index contributed by atoms with van der Waals surface area (Å²) in [5.74, 6) is -2.40. The average Bonchev–Trinajstić information content (AvgIpc) is 2.86. The Morgan fingerprint density at radius 1 is 1.53 bits per heavy atom. The van der Waals surface area contributed by atoms with Gasteiger partial charge in [-0.05, 0) is 15.9 Å². The molecule has 6 nitrogen and oxygen atoms in total. The van der Waals surface area contributed by atoms with Gasteiger partial charge in [-0.3, -0.25) is 9.48 Å². The summed E-state index contributed by atoms with van der Waals surface area (Å²) in [7, 11) is 1.59. The zero-order valence-electron chi connectivity index (χ0n) is 9.32. The molecule has 10 heteroatoms. The number of alkyl halides is 3. The molecule has 0 saturated heterocycles. The van der Waals surface area contributed by atoms with Gasteiger partial charge in [0, 0.05) is 13.1 Å². The van der Waals surface area contributed by atoms with Gasteiger partial charge in [-0.1, -0.05) is 0 Å². The van der Waals surface area contributed by atoms with Crippen LogP contribution < -0.4 is 5.32 Å². The first kappa shape index (κ1) is 13.6. The van der Waals surface area contributed by atoms with Gasteiger partial charge in [-0.15, -0.1) is 0 Å². The maximum absolute atomic E-state index is 12.5. The van der Waals surface area contributed by atoms with Crippen molar-refractivity contribution in [2.75, 3.05) is 5.32 Å². The highest BCUT2D eigenvalue weighted by molar-refractivity contribution is 9.10. The van der Waals surface area contributed by atoms with E-state index in [9.17, 15) is 18.0 Å². The SMILES string of the molecule is Cn1nc(NC(=O)c2ncoc2C(F)(F)F)cc1Br. The van der Waals surface area contributed by atoms with Crippen molar-refractivity contribution in [1.29, 1.82) is 0 Å². The third-order valence-corrected chi connectivity index (χ3v) is 2.85. The average molecular weight is 339 g/mol. The van der Waals surface area contributed by atoms with Crippen molar-refractivity contribution in [3.63, 3.8) is 0 Å². The molecule has 0 fully saturated rings. The Kier molecular flexibility index (Phi) is 3.35. The van der Waals surface area contributed by atoms with Crippen LogP contribution in [0.25, 0.3) is 0 Å². The molecular formula is C9H6BrF3N4O2. The standard InChI is InChI=1S/C9H6BrF3N4O2/c1-17-4(10)2-5(16-17)15-8(18)6-7(9(11,12)13)19-3-14-6/h2-3H,1H3,(H,15,16,18). The molecule has 19 heavy (non-hydrogen) atoms. The van der Waals surface area contributed by atoms with Crippen LogP contribution in [0.2, 0.25) is 0 Å². The number of carbonyl (C=O) groups excluding carboxylic acids is 1. The predicted octanol–water partition coefficient (Wildman–Crippen LogP) is 2.44. The van der Waals surface area contributed by atoms with Crippen LogP contribution in [0.3, 0.4) is 0 Å². The van der Waals surface area contributed by atoms with E-state index in [2.05, 4.69) is 35.7 Å². The van der Waals surface area contributed by atoms with Crippen LogP contribution >= 0.6 is 15.9 Å². The van der Waals surface area contributed by atoms with Gasteiger partial charge in [-0.25, -0.2) is 4.98 Å². The van der Waals surface area contributed by atoms with Crippen molar-refractivity contribution in [2.24, 2.45) is 7.05 Å². The van der Waals surface area contributed by atoms with Crippen LogP contribution in [0, 0.1) is 0 Å². The summed E-state index contributed by atoms with van der Waals surface area (Å²) in [6.07, 6.45) is -4.22. The van der Waals surface area contributed by atoms with Crippen molar-refractivity contribution < 1.29 is 22.4 Å². The Balaban J connectivity index is 2.24. The third kappa shape index (κ3) is 2.78. The molecule has 0 aliphatic rings. The van der Waals surface area contributed by atoms with Gasteiger partial charge in [0.25, 0.3) is 5.91 Å². The van der Waals surface area contributed by atoms with Gasteiger partial charge in [0.1, 0.15) is 4.60 Å².